The Balaban J connectivity index is 2.28. The molecule has 0 aliphatic heterocycles. The zero-order valence-corrected chi connectivity index (χ0v) is 10.8. The number of hydrogen-bond donors (Lipinski definition) is 0. The van der Waals surface area contributed by atoms with Gasteiger partial charge in [-0.1, -0.05) is 23.4 Å². The Morgan fingerprint density at radius 2 is 2.06 bits per heavy atom. The van der Waals surface area contributed by atoms with Crippen molar-refractivity contribution in [1.82, 2.24) is 4.98 Å². The summed E-state index contributed by atoms with van der Waals surface area (Å²) < 4.78 is 0.900. The van der Waals surface area contributed by atoms with Crippen LogP contribution in [0.25, 0.3) is 0 Å². The van der Waals surface area contributed by atoms with E-state index in [-0.39, 0.29) is 5.78 Å². The lowest BCUT2D eigenvalue weighted by molar-refractivity contribution is 0.104. The molecule has 82 valence electrons. The minimum absolute atomic E-state index is 0.00512. The van der Waals surface area contributed by atoms with Crippen LogP contribution in [0.5, 0.6) is 0 Å². The number of carbonyl (C=O) groups is 1. The topological polar surface area (TPSA) is 30.0 Å². The molecule has 0 radical (unpaired) electrons. The summed E-state index contributed by atoms with van der Waals surface area (Å²) in [5, 5.41) is 0.630. The van der Waals surface area contributed by atoms with Crippen LogP contribution in [-0.4, -0.2) is 17.0 Å². The molecular formula is C11H8ClNOS2. The van der Waals surface area contributed by atoms with Crippen molar-refractivity contribution < 1.29 is 4.79 Å². The van der Waals surface area contributed by atoms with Crippen LogP contribution in [0.3, 0.4) is 0 Å². The van der Waals surface area contributed by atoms with Gasteiger partial charge in [-0.2, -0.15) is 0 Å². The molecule has 2 nitrogen and oxygen atoms in total. The molecule has 0 bridgehead atoms. The van der Waals surface area contributed by atoms with E-state index in [0.717, 1.165) is 4.34 Å². The van der Waals surface area contributed by atoms with E-state index in [4.69, 9.17) is 11.6 Å². The first-order chi connectivity index (χ1) is 7.70. The highest BCUT2D eigenvalue weighted by Gasteiger charge is 2.12. The average Bonchev–Trinajstić information content (AvgIpc) is 2.77. The number of nitrogens with zero attached hydrogens (tertiary/aromatic N) is 1. The van der Waals surface area contributed by atoms with Gasteiger partial charge in [-0.15, -0.1) is 11.3 Å². The van der Waals surface area contributed by atoms with Crippen molar-refractivity contribution in [2.24, 2.45) is 0 Å². The average molecular weight is 270 g/mol. The first-order valence-electron chi connectivity index (χ1n) is 4.51. The van der Waals surface area contributed by atoms with Crippen LogP contribution in [0.4, 0.5) is 0 Å². The van der Waals surface area contributed by atoms with Gasteiger partial charge in [0.1, 0.15) is 4.34 Å². The van der Waals surface area contributed by atoms with Gasteiger partial charge in [0.15, 0.2) is 0 Å². The van der Waals surface area contributed by atoms with Crippen LogP contribution in [-0.2, 0) is 0 Å². The van der Waals surface area contributed by atoms with E-state index < -0.39 is 0 Å². The fourth-order valence-electron chi connectivity index (χ4n) is 1.20. The second-order valence-electron chi connectivity index (χ2n) is 3.03. The summed E-state index contributed by atoms with van der Waals surface area (Å²) in [5.74, 6) is -0.00512. The van der Waals surface area contributed by atoms with Crippen LogP contribution >= 0.6 is 34.7 Å². The van der Waals surface area contributed by atoms with Gasteiger partial charge in [0.25, 0.3) is 0 Å². The number of ketones is 1. The van der Waals surface area contributed by atoms with Crippen LogP contribution in [0.1, 0.15) is 15.2 Å². The highest BCUT2D eigenvalue weighted by Crippen LogP contribution is 2.24. The predicted octanol–water partition coefficient (Wildman–Crippen LogP) is 3.75. The monoisotopic (exact) mass is 269 g/mol. The summed E-state index contributed by atoms with van der Waals surface area (Å²) in [6, 6.07) is 6.88. The summed E-state index contributed by atoms with van der Waals surface area (Å²) in [4.78, 5) is 16.8. The van der Waals surface area contributed by atoms with E-state index in [0.29, 0.717) is 15.5 Å². The van der Waals surface area contributed by atoms with Crippen molar-refractivity contribution in [2.45, 2.75) is 4.34 Å². The number of aromatic nitrogens is 1. The number of halogens is 1. The number of thiazole rings is 1. The molecule has 2 rings (SSSR count). The van der Waals surface area contributed by atoms with Crippen molar-refractivity contribution >= 4 is 40.5 Å². The van der Waals surface area contributed by atoms with Gasteiger partial charge in [-0.05, 0) is 30.5 Å². The molecule has 0 atom stereocenters. The lowest BCUT2D eigenvalue weighted by atomic mass is 10.1. The van der Waals surface area contributed by atoms with Gasteiger partial charge >= 0.3 is 0 Å². The van der Waals surface area contributed by atoms with Gasteiger partial charge in [0.2, 0.25) is 5.78 Å². The number of benzene rings is 1. The molecule has 1 aromatic carbocycles. The highest BCUT2D eigenvalue weighted by molar-refractivity contribution is 8.00. The zero-order chi connectivity index (χ0) is 11.5. The minimum Gasteiger partial charge on any atom is -0.288 e. The molecular weight excluding hydrogens is 262 g/mol. The zero-order valence-electron chi connectivity index (χ0n) is 8.44. The summed E-state index contributed by atoms with van der Waals surface area (Å²) in [7, 11) is 0. The van der Waals surface area contributed by atoms with Crippen molar-refractivity contribution in [2.75, 3.05) is 6.26 Å². The molecule has 0 aliphatic carbocycles. The molecule has 0 saturated carbocycles. The van der Waals surface area contributed by atoms with E-state index in [1.54, 1.807) is 30.5 Å². The normalized spacial score (nSPS) is 10.4. The van der Waals surface area contributed by atoms with Crippen molar-refractivity contribution in [3.05, 3.63) is 45.9 Å². The Hall–Kier alpha value is -0.840. The van der Waals surface area contributed by atoms with Crippen LogP contribution in [0.2, 0.25) is 5.02 Å². The maximum atomic E-state index is 12.0. The van der Waals surface area contributed by atoms with Crippen molar-refractivity contribution in [1.29, 1.82) is 0 Å². The molecule has 1 heterocycles. The molecule has 0 aliphatic rings. The molecule has 0 N–H and O–H groups in total. The second-order valence-corrected chi connectivity index (χ2v) is 5.55. The number of rotatable bonds is 3. The Bertz CT molecular complexity index is 507. The summed E-state index contributed by atoms with van der Waals surface area (Å²) in [6.45, 7) is 0. The standard InChI is InChI=1S/C11H8ClNOS2/c1-15-11-13-6-9(16-11)10(14)7-2-4-8(12)5-3-7/h2-6H,1H3. The molecule has 0 saturated heterocycles. The minimum atomic E-state index is -0.00512. The van der Waals surface area contributed by atoms with Gasteiger partial charge in [0, 0.05) is 10.6 Å². The molecule has 0 unspecified atom stereocenters. The molecule has 0 spiro atoms. The fourth-order valence-corrected chi connectivity index (χ4v) is 2.70. The van der Waals surface area contributed by atoms with E-state index in [1.807, 2.05) is 6.26 Å². The highest BCUT2D eigenvalue weighted by atomic mass is 35.5. The number of carbonyl (C=O) groups excluding carboxylic acids is 1. The maximum Gasteiger partial charge on any atom is 0.204 e. The lowest BCUT2D eigenvalue weighted by Crippen LogP contribution is -1.97. The first-order valence-corrected chi connectivity index (χ1v) is 6.92. The number of thioether (sulfide) groups is 1. The molecule has 16 heavy (non-hydrogen) atoms. The summed E-state index contributed by atoms with van der Waals surface area (Å²) >= 11 is 8.71. The Morgan fingerprint density at radius 1 is 1.38 bits per heavy atom. The van der Waals surface area contributed by atoms with Gasteiger partial charge in [-0.3, -0.25) is 4.79 Å². The third-order valence-electron chi connectivity index (χ3n) is 1.99. The van der Waals surface area contributed by atoms with Crippen LogP contribution in [0, 0.1) is 0 Å². The molecule has 0 fully saturated rings. The smallest absolute Gasteiger partial charge is 0.204 e. The third-order valence-corrected chi connectivity index (χ3v) is 4.24. The van der Waals surface area contributed by atoms with E-state index in [1.165, 1.54) is 23.1 Å². The van der Waals surface area contributed by atoms with E-state index in [2.05, 4.69) is 4.98 Å². The van der Waals surface area contributed by atoms with E-state index >= 15 is 0 Å². The quantitative estimate of drug-likeness (QED) is 0.628. The second kappa shape index (κ2) is 4.99. The van der Waals surface area contributed by atoms with Crippen molar-refractivity contribution in [3.63, 3.8) is 0 Å². The Kier molecular flexibility index (Phi) is 3.63. The van der Waals surface area contributed by atoms with Gasteiger partial charge in [0.05, 0.1) is 11.1 Å². The largest absolute Gasteiger partial charge is 0.288 e. The Labute approximate surface area is 107 Å². The van der Waals surface area contributed by atoms with Crippen molar-refractivity contribution in [3.8, 4) is 0 Å². The summed E-state index contributed by atoms with van der Waals surface area (Å²) in [6.07, 6.45) is 3.56. The predicted molar refractivity (Wildman–Crippen MR) is 68.8 cm³/mol. The molecule has 5 heteroatoms. The molecule has 2 aromatic rings. The molecule has 0 amide bonds. The summed E-state index contributed by atoms with van der Waals surface area (Å²) in [5.41, 5.74) is 0.640. The number of hydrogen-bond acceptors (Lipinski definition) is 4. The van der Waals surface area contributed by atoms with Crippen LogP contribution in [0.15, 0.2) is 34.8 Å². The van der Waals surface area contributed by atoms with Gasteiger partial charge < -0.3 is 0 Å². The van der Waals surface area contributed by atoms with E-state index in [9.17, 15) is 4.79 Å². The Morgan fingerprint density at radius 3 is 2.62 bits per heavy atom. The first kappa shape index (κ1) is 11.6. The molecule has 1 aromatic heterocycles. The fraction of sp³-hybridized carbons (Fsp3) is 0.0909. The lowest BCUT2D eigenvalue weighted by Gasteiger charge is -1.97. The third kappa shape index (κ3) is 2.45. The van der Waals surface area contributed by atoms with Crippen LogP contribution < -0.4 is 0 Å². The maximum absolute atomic E-state index is 12.0. The SMILES string of the molecule is CSc1ncc(C(=O)c2ccc(Cl)cc2)s1. The van der Waals surface area contributed by atoms with Gasteiger partial charge in [-0.25, -0.2) is 4.98 Å².